The predicted molar refractivity (Wildman–Crippen MR) is 126 cm³/mol. The van der Waals surface area contributed by atoms with Crippen LogP contribution in [0.1, 0.15) is 47.4 Å². The molecule has 0 saturated carbocycles. The molecule has 168 valence electrons. The van der Waals surface area contributed by atoms with E-state index in [9.17, 15) is 0 Å². The molecule has 0 saturated heterocycles. The quantitative estimate of drug-likeness (QED) is 0.443. The van der Waals surface area contributed by atoms with Crippen molar-refractivity contribution in [1.29, 1.82) is 0 Å². The van der Waals surface area contributed by atoms with Crippen molar-refractivity contribution in [3.8, 4) is 17.3 Å². The number of ether oxygens (including phenoxy) is 2. The first kappa shape index (κ1) is 20.9. The van der Waals surface area contributed by atoms with Crippen LogP contribution in [-0.4, -0.2) is 43.5 Å². The molecule has 4 aromatic rings. The van der Waals surface area contributed by atoms with E-state index in [0.29, 0.717) is 11.7 Å². The summed E-state index contributed by atoms with van der Waals surface area (Å²) in [6, 6.07) is 12.1. The summed E-state index contributed by atoms with van der Waals surface area (Å²) in [4.78, 5) is 13.7. The van der Waals surface area contributed by atoms with E-state index in [1.54, 1.807) is 20.5 Å². The molecular weight excluding hydrogens is 416 g/mol. The minimum Gasteiger partial charge on any atom is -0.497 e. The van der Waals surface area contributed by atoms with Gasteiger partial charge in [-0.1, -0.05) is 12.1 Å². The molecule has 0 fully saturated rings. The monoisotopic (exact) mass is 442 g/mol. The second-order valence-corrected chi connectivity index (χ2v) is 8.04. The van der Waals surface area contributed by atoms with Gasteiger partial charge in [0.25, 0.3) is 0 Å². The molecule has 8 heteroatoms. The normalized spacial score (nSPS) is 15.5. The molecule has 0 amide bonds. The molecule has 33 heavy (non-hydrogen) atoms. The van der Waals surface area contributed by atoms with Gasteiger partial charge in [0.15, 0.2) is 5.82 Å². The van der Waals surface area contributed by atoms with Gasteiger partial charge in [-0.3, -0.25) is 0 Å². The molecule has 3 aromatic heterocycles. The molecule has 1 aliphatic heterocycles. The maximum Gasteiger partial charge on any atom is 0.238 e. The Kier molecular flexibility index (Phi) is 5.64. The van der Waals surface area contributed by atoms with Gasteiger partial charge in [0.2, 0.25) is 5.88 Å². The number of methoxy groups -OCH3 is 2. The number of fused-ring (bicyclic) bond motifs is 1. The van der Waals surface area contributed by atoms with E-state index in [4.69, 9.17) is 19.6 Å². The number of nitrogens with zero attached hydrogens (tertiary/aromatic N) is 6. The Balaban J connectivity index is 1.39. The maximum absolute atomic E-state index is 5.51. The molecule has 4 heterocycles. The lowest BCUT2D eigenvalue weighted by Crippen LogP contribution is -2.17. The van der Waals surface area contributed by atoms with Gasteiger partial charge in [-0.2, -0.15) is 5.10 Å². The highest BCUT2D eigenvalue weighted by Crippen LogP contribution is 2.33. The van der Waals surface area contributed by atoms with Crippen LogP contribution >= 0.6 is 0 Å². The first-order chi connectivity index (χ1) is 16.1. The number of aryl methyl sites for hydroxylation is 2. The number of pyridine rings is 1. The van der Waals surface area contributed by atoms with Gasteiger partial charge in [-0.25, -0.2) is 19.6 Å². The summed E-state index contributed by atoms with van der Waals surface area (Å²) in [5.74, 6) is 3.31. The van der Waals surface area contributed by atoms with E-state index in [2.05, 4.69) is 22.1 Å². The zero-order valence-electron chi connectivity index (χ0n) is 19.0. The lowest BCUT2D eigenvalue weighted by Gasteiger charge is -2.22. The van der Waals surface area contributed by atoms with Crippen molar-refractivity contribution in [3.63, 3.8) is 0 Å². The van der Waals surface area contributed by atoms with Gasteiger partial charge >= 0.3 is 0 Å². The third-order valence-electron chi connectivity index (χ3n) is 5.86. The summed E-state index contributed by atoms with van der Waals surface area (Å²) in [6.45, 7) is 2.83. The fraction of sp³-hybridized carbons (Fsp3) is 0.280. The summed E-state index contributed by atoms with van der Waals surface area (Å²) in [5, 5.41) is 4.71. The highest BCUT2D eigenvalue weighted by atomic mass is 16.5. The fourth-order valence-electron chi connectivity index (χ4n) is 4.19. The van der Waals surface area contributed by atoms with Crippen molar-refractivity contribution in [2.45, 2.75) is 32.2 Å². The van der Waals surface area contributed by atoms with Crippen LogP contribution in [0.3, 0.4) is 0 Å². The lowest BCUT2D eigenvalue weighted by atomic mass is 9.91. The van der Waals surface area contributed by atoms with Gasteiger partial charge in [0.1, 0.15) is 17.3 Å². The Morgan fingerprint density at radius 2 is 1.85 bits per heavy atom. The number of hydrogen-bond acceptors (Lipinski definition) is 6. The van der Waals surface area contributed by atoms with Gasteiger partial charge in [0, 0.05) is 18.7 Å². The third-order valence-corrected chi connectivity index (χ3v) is 5.86. The first-order valence-electron chi connectivity index (χ1n) is 11.0. The zero-order valence-corrected chi connectivity index (χ0v) is 19.0. The molecule has 0 radical (unpaired) electrons. The summed E-state index contributed by atoms with van der Waals surface area (Å²) >= 11 is 0. The molecule has 0 aliphatic carbocycles. The fourth-order valence-corrected chi connectivity index (χ4v) is 4.19. The topological polar surface area (TPSA) is 79.9 Å². The summed E-state index contributed by atoms with van der Waals surface area (Å²) < 4.78 is 14.7. The van der Waals surface area contributed by atoms with Gasteiger partial charge < -0.3 is 14.0 Å². The molecule has 1 atom stereocenters. The minimum atomic E-state index is 0.232. The highest BCUT2D eigenvalue weighted by molar-refractivity contribution is 5.65. The number of rotatable bonds is 6. The van der Waals surface area contributed by atoms with Crippen molar-refractivity contribution in [1.82, 2.24) is 29.3 Å². The van der Waals surface area contributed by atoms with Crippen LogP contribution in [0.15, 0.2) is 48.9 Å². The van der Waals surface area contributed by atoms with E-state index in [1.165, 1.54) is 5.56 Å². The van der Waals surface area contributed by atoms with E-state index in [0.717, 1.165) is 48.0 Å². The number of benzene rings is 1. The molecule has 0 spiro atoms. The smallest absolute Gasteiger partial charge is 0.238 e. The number of imidazole rings is 1. The Labute approximate surface area is 192 Å². The molecule has 0 bridgehead atoms. The van der Waals surface area contributed by atoms with Crippen LogP contribution < -0.4 is 9.47 Å². The molecular formula is C25H26N6O2. The Bertz CT molecular complexity index is 1290. The van der Waals surface area contributed by atoms with Crippen LogP contribution in [-0.2, 0) is 6.54 Å². The Morgan fingerprint density at radius 1 is 1.00 bits per heavy atom. The first-order valence-corrected chi connectivity index (χ1v) is 11.0. The van der Waals surface area contributed by atoms with Crippen molar-refractivity contribution in [2.24, 2.45) is 0 Å². The summed E-state index contributed by atoms with van der Waals surface area (Å²) in [5.41, 5.74) is 3.78. The maximum atomic E-state index is 5.51. The number of aromatic nitrogens is 6. The Hall–Kier alpha value is -3.94. The minimum absolute atomic E-state index is 0.232. The average Bonchev–Trinajstić information content (AvgIpc) is 3.48. The lowest BCUT2D eigenvalue weighted by molar-refractivity contribution is 0.395. The van der Waals surface area contributed by atoms with Crippen LogP contribution in [0.5, 0.6) is 11.6 Å². The van der Waals surface area contributed by atoms with Crippen LogP contribution in [0.2, 0.25) is 0 Å². The van der Waals surface area contributed by atoms with Crippen molar-refractivity contribution < 1.29 is 9.47 Å². The molecule has 1 aromatic carbocycles. The van der Waals surface area contributed by atoms with Crippen molar-refractivity contribution in [2.75, 3.05) is 14.2 Å². The van der Waals surface area contributed by atoms with Crippen LogP contribution in [0, 0.1) is 6.92 Å². The van der Waals surface area contributed by atoms with Gasteiger partial charge in [-0.05, 0) is 61.7 Å². The third kappa shape index (κ3) is 4.24. The second kappa shape index (κ2) is 8.90. The standard InChI is InChI=1S/C25H26N6O2/c1-17-15-30(16-26-17)22-12-8-19(27-25(22)33-3)9-13-23-28-24-21(5-4-14-31(24)29-23)18-6-10-20(32-2)11-7-18/h6-13,15-16,21H,4-5,14H2,1-3H3/b13-9+. The molecule has 8 nitrogen and oxygen atoms in total. The average molecular weight is 443 g/mol. The van der Waals surface area contributed by atoms with Crippen LogP contribution in [0.4, 0.5) is 0 Å². The SMILES string of the molecule is COc1ccc(C2CCCn3nc(/C=C/c4ccc(-n5cnc(C)c5)c(OC)n4)nc32)cc1. The van der Waals surface area contributed by atoms with Crippen molar-refractivity contribution in [3.05, 3.63) is 77.5 Å². The molecule has 0 N–H and O–H groups in total. The van der Waals surface area contributed by atoms with Crippen molar-refractivity contribution >= 4 is 12.2 Å². The van der Waals surface area contributed by atoms with E-state index < -0.39 is 0 Å². The molecule has 1 aliphatic rings. The van der Waals surface area contributed by atoms with Crippen LogP contribution in [0.25, 0.3) is 17.8 Å². The highest BCUT2D eigenvalue weighted by Gasteiger charge is 2.25. The van der Waals surface area contributed by atoms with Gasteiger partial charge in [-0.15, -0.1) is 0 Å². The largest absolute Gasteiger partial charge is 0.497 e. The molecule has 5 rings (SSSR count). The summed E-state index contributed by atoms with van der Waals surface area (Å²) in [6.07, 6.45) is 9.64. The van der Waals surface area contributed by atoms with Gasteiger partial charge in [0.05, 0.1) is 31.9 Å². The zero-order chi connectivity index (χ0) is 22.8. The second-order valence-electron chi connectivity index (χ2n) is 8.04. The molecule has 1 unspecified atom stereocenters. The van der Waals surface area contributed by atoms with E-state index >= 15 is 0 Å². The predicted octanol–water partition coefficient (Wildman–Crippen LogP) is 4.28. The summed E-state index contributed by atoms with van der Waals surface area (Å²) in [7, 11) is 3.30. The number of hydrogen-bond donors (Lipinski definition) is 0. The van der Waals surface area contributed by atoms with E-state index in [-0.39, 0.29) is 5.92 Å². The van der Waals surface area contributed by atoms with E-state index in [1.807, 2.05) is 58.8 Å². The Morgan fingerprint density at radius 3 is 2.58 bits per heavy atom.